The Morgan fingerprint density at radius 3 is 2.50 bits per heavy atom. The molecule has 0 radical (unpaired) electrons. The lowest BCUT2D eigenvalue weighted by Crippen LogP contribution is -2.28. The molecule has 0 bridgehead atoms. The van der Waals surface area contributed by atoms with Crippen molar-refractivity contribution in [3.63, 3.8) is 0 Å². The Hall–Kier alpha value is -3.15. The van der Waals surface area contributed by atoms with Gasteiger partial charge in [-0.2, -0.15) is 0 Å². The van der Waals surface area contributed by atoms with Crippen LogP contribution in [0.15, 0.2) is 42.5 Å². The zero-order valence-electron chi connectivity index (χ0n) is 16.3. The summed E-state index contributed by atoms with van der Waals surface area (Å²) in [6.07, 6.45) is 0.139. The Morgan fingerprint density at radius 2 is 1.82 bits per heavy atom. The van der Waals surface area contributed by atoms with Crippen LogP contribution in [0.1, 0.15) is 34.8 Å². The number of carbonyl (C=O) groups is 3. The molecule has 1 aliphatic heterocycles. The van der Waals surface area contributed by atoms with Crippen molar-refractivity contribution in [1.29, 1.82) is 0 Å². The van der Waals surface area contributed by atoms with E-state index in [1.807, 2.05) is 32.0 Å². The number of esters is 1. The maximum atomic E-state index is 12.8. The molecule has 3 rings (SSSR count). The van der Waals surface area contributed by atoms with E-state index in [4.69, 9.17) is 4.74 Å². The number of rotatable bonds is 5. The first-order valence-corrected chi connectivity index (χ1v) is 9.34. The summed E-state index contributed by atoms with van der Waals surface area (Å²) in [6.45, 7) is 6.25. The minimum atomic E-state index is -0.488. The molecule has 0 spiro atoms. The van der Waals surface area contributed by atoms with Gasteiger partial charge in [0.25, 0.3) is 0 Å². The standard InChI is InChI=1S/C22H24N2O4/c1-4-28-22(27)18-7-5-6-8-19(18)23-21(26)16-12-20(25)24(13-16)17-10-14(2)9-15(3)11-17/h5-11,16H,4,12-13H2,1-3H3,(H,23,26). The molecule has 6 nitrogen and oxygen atoms in total. The van der Waals surface area contributed by atoms with Gasteiger partial charge in [-0.3, -0.25) is 9.59 Å². The number of aryl methyl sites for hydroxylation is 2. The van der Waals surface area contributed by atoms with Gasteiger partial charge in [0, 0.05) is 18.7 Å². The molecule has 1 aliphatic rings. The molecule has 1 N–H and O–H groups in total. The average molecular weight is 380 g/mol. The number of amides is 2. The number of benzene rings is 2. The van der Waals surface area contributed by atoms with Crippen molar-refractivity contribution >= 4 is 29.2 Å². The second-order valence-electron chi connectivity index (χ2n) is 7.01. The summed E-state index contributed by atoms with van der Waals surface area (Å²) in [5.74, 6) is -1.33. The van der Waals surface area contributed by atoms with Crippen LogP contribution in [0, 0.1) is 19.8 Å². The molecule has 2 aromatic carbocycles. The van der Waals surface area contributed by atoms with Crippen molar-refractivity contribution in [2.45, 2.75) is 27.2 Å². The van der Waals surface area contributed by atoms with E-state index in [2.05, 4.69) is 5.32 Å². The van der Waals surface area contributed by atoms with Crippen LogP contribution in [0.3, 0.4) is 0 Å². The molecule has 0 aliphatic carbocycles. The highest BCUT2D eigenvalue weighted by molar-refractivity contribution is 6.06. The van der Waals surface area contributed by atoms with E-state index in [9.17, 15) is 14.4 Å². The fourth-order valence-electron chi connectivity index (χ4n) is 3.45. The van der Waals surface area contributed by atoms with E-state index in [1.54, 1.807) is 36.1 Å². The first-order valence-electron chi connectivity index (χ1n) is 9.34. The molecular weight excluding hydrogens is 356 g/mol. The van der Waals surface area contributed by atoms with Crippen molar-refractivity contribution in [3.8, 4) is 0 Å². The molecule has 1 unspecified atom stereocenters. The zero-order chi connectivity index (χ0) is 20.3. The summed E-state index contributed by atoms with van der Waals surface area (Å²) in [6, 6.07) is 12.6. The summed E-state index contributed by atoms with van der Waals surface area (Å²) >= 11 is 0. The molecular formula is C22H24N2O4. The highest BCUT2D eigenvalue weighted by Gasteiger charge is 2.35. The van der Waals surface area contributed by atoms with Crippen LogP contribution in [0.4, 0.5) is 11.4 Å². The molecule has 0 aromatic heterocycles. The molecule has 146 valence electrons. The van der Waals surface area contributed by atoms with E-state index in [0.717, 1.165) is 16.8 Å². The maximum Gasteiger partial charge on any atom is 0.340 e. The van der Waals surface area contributed by atoms with E-state index in [1.165, 1.54) is 0 Å². The van der Waals surface area contributed by atoms with Gasteiger partial charge < -0.3 is 15.0 Å². The van der Waals surface area contributed by atoms with Gasteiger partial charge in [0.15, 0.2) is 0 Å². The molecule has 1 heterocycles. The van der Waals surface area contributed by atoms with Gasteiger partial charge in [0.2, 0.25) is 11.8 Å². The van der Waals surface area contributed by atoms with Gasteiger partial charge in [-0.15, -0.1) is 0 Å². The topological polar surface area (TPSA) is 75.7 Å². The van der Waals surface area contributed by atoms with Crippen LogP contribution in [-0.2, 0) is 14.3 Å². The predicted octanol–water partition coefficient (Wildman–Crippen LogP) is 3.47. The van der Waals surface area contributed by atoms with E-state index < -0.39 is 11.9 Å². The molecule has 1 atom stereocenters. The summed E-state index contributed by atoms with van der Waals surface area (Å²) in [4.78, 5) is 39.0. The van der Waals surface area contributed by atoms with Crippen LogP contribution in [0.25, 0.3) is 0 Å². The van der Waals surface area contributed by atoms with Gasteiger partial charge in [0.05, 0.1) is 23.8 Å². The van der Waals surface area contributed by atoms with Crippen molar-refractivity contribution in [3.05, 3.63) is 59.2 Å². The van der Waals surface area contributed by atoms with Crippen LogP contribution in [0.2, 0.25) is 0 Å². The third-order valence-electron chi connectivity index (χ3n) is 4.69. The SMILES string of the molecule is CCOC(=O)c1ccccc1NC(=O)C1CC(=O)N(c2cc(C)cc(C)c2)C1. The van der Waals surface area contributed by atoms with E-state index in [0.29, 0.717) is 17.8 Å². The number of nitrogens with one attached hydrogen (secondary N) is 1. The average Bonchev–Trinajstić information content (AvgIpc) is 3.03. The lowest BCUT2D eigenvalue weighted by Gasteiger charge is -2.18. The number of para-hydroxylation sites is 1. The Kier molecular flexibility index (Phi) is 5.78. The minimum Gasteiger partial charge on any atom is -0.462 e. The van der Waals surface area contributed by atoms with Crippen molar-refractivity contribution in [1.82, 2.24) is 0 Å². The molecule has 28 heavy (non-hydrogen) atoms. The van der Waals surface area contributed by atoms with Crippen molar-refractivity contribution in [2.24, 2.45) is 5.92 Å². The quantitative estimate of drug-likeness (QED) is 0.806. The lowest BCUT2D eigenvalue weighted by molar-refractivity contribution is -0.122. The Bertz CT molecular complexity index is 902. The predicted molar refractivity (Wildman–Crippen MR) is 107 cm³/mol. The third-order valence-corrected chi connectivity index (χ3v) is 4.69. The van der Waals surface area contributed by atoms with Crippen LogP contribution >= 0.6 is 0 Å². The number of hydrogen-bond acceptors (Lipinski definition) is 4. The highest BCUT2D eigenvalue weighted by Crippen LogP contribution is 2.28. The first kappa shape index (κ1) is 19.6. The molecule has 1 saturated heterocycles. The normalized spacial score (nSPS) is 16.2. The summed E-state index contributed by atoms with van der Waals surface area (Å²) in [7, 11) is 0. The van der Waals surface area contributed by atoms with Crippen molar-refractivity contribution in [2.75, 3.05) is 23.4 Å². The molecule has 2 aromatic rings. The summed E-state index contributed by atoms with van der Waals surface area (Å²) in [5.41, 5.74) is 3.64. The lowest BCUT2D eigenvalue weighted by atomic mass is 10.1. The number of carbonyl (C=O) groups excluding carboxylic acids is 3. The Labute approximate surface area is 164 Å². The monoisotopic (exact) mass is 380 g/mol. The van der Waals surface area contributed by atoms with Gasteiger partial charge in [0.1, 0.15) is 0 Å². The summed E-state index contributed by atoms with van der Waals surface area (Å²) in [5, 5.41) is 2.79. The van der Waals surface area contributed by atoms with E-state index >= 15 is 0 Å². The zero-order valence-corrected chi connectivity index (χ0v) is 16.3. The molecule has 0 saturated carbocycles. The number of ether oxygens (including phenoxy) is 1. The fourth-order valence-corrected chi connectivity index (χ4v) is 3.45. The summed E-state index contributed by atoms with van der Waals surface area (Å²) < 4.78 is 5.04. The van der Waals surface area contributed by atoms with Crippen LogP contribution in [-0.4, -0.2) is 30.9 Å². The molecule has 1 fully saturated rings. The highest BCUT2D eigenvalue weighted by atomic mass is 16.5. The number of hydrogen-bond donors (Lipinski definition) is 1. The minimum absolute atomic E-state index is 0.0798. The van der Waals surface area contributed by atoms with Gasteiger partial charge in [-0.1, -0.05) is 18.2 Å². The van der Waals surface area contributed by atoms with Crippen LogP contribution < -0.4 is 10.2 Å². The Morgan fingerprint density at radius 1 is 1.14 bits per heavy atom. The third kappa shape index (κ3) is 4.22. The van der Waals surface area contributed by atoms with Gasteiger partial charge in [-0.05, 0) is 56.2 Å². The van der Waals surface area contributed by atoms with Crippen molar-refractivity contribution < 1.29 is 19.1 Å². The number of nitrogens with zero attached hydrogens (tertiary/aromatic N) is 1. The second kappa shape index (κ2) is 8.25. The van der Waals surface area contributed by atoms with Crippen LogP contribution in [0.5, 0.6) is 0 Å². The smallest absolute Gasteiger partial charge is 0.340 e. The Balaban J connectivity index is 1.75. The molecule has 2 amide bonds. The van der Waals surface area contributed by atoms with Gasteiger partial charge >= 0.3 is 5.97 Å². The maximum absolute atomic E-state index is 12.8. The fraction of sp³-hybridized carbons (Fsp3) is 0.318. The first-order chi connectivity index (χ1) is 13.4. The largest absolute Gasteiger partial charge is 0.462 e. The number of anilines is 2. The van der Waals surface area contributed by atoms with Gasteiger partial charge in [-0.25, -0.2) is 4.79 Å². The second-order valence-corrected chi connectivity index (χ2v) is 7.01. The van der Waals surface area contributed by atoms with E-state index in [-0.39, 0.29) is 24.8 Å². The molecule has 6 heteroatoms.